The van der Waals surface area contributed by atoms with Gasteiger partial charge >= 0.3 is 0 Å². The molecule has 0 aliphatic carbocycles. The van der Waals surface area contributed by atoms with Crippen LogP contribution in [-0.4, -0.2) is 35.0 Å². The van der Waals surface area contributed by atoms with Gasteiger partial charge in [0.15, 0.2) is 0 Å². The predicted molar refractivity (Wildman–Crippen MR) is 97.3 cm³/mol. The number of benzene rings is 2. The highest BCUT2D eigenvalue weighted by Crippen LogP contribution is 2.26. The number of carbonyl (C=O) groups is 2. The Hall–Kier alpha value is -3.32. The van der Waals surface area contributed by atoms with Crippen molar-refractivity contribution in [2.45, 2.75) is 6.92 Å². The molecule has 3 rings (SSSR count). The number of nitrogens with zero attached hydrogens (tertiary/aromatic N) is 3. The fourth-order valence-electron chi connectivity index (χ4n) is 2.52. The third-order valence-corrected chi connectivity index (χ3v) is 3.85. The largest absolute Gasteiger partial charge is 0.395 e. The van der Waals surface area contributed by atoms with Gasteiger partial charge in [-0.05, 0) is 42.8 Å². The Kier molecular flexibility index (Phi) is 5.19. The van der Waals surface area contributed by atoms with E-state index in [2.05, 4.69) is 15.5 Å². The Morgan fingerprint density at radius 3 is 2.46 bits per heavy atom. The Balaban J connectivity index is 1.73. The van der Waals surface area contributed by atoms with E-state index in [1.165, 1.54) is 6.08 Å². The molecule has 2 amide bonds. The first-order valence-electron chi connectivity index (χ1n) is 8.11. The molecule has 0 spiro atoms. The standard InChI is InChI=1S/C19H18N4O3/c1-13-11-15(22-21-14-5-3-2-4-6-14)7-8-16(13)20-17-12-18(25)23(9-10-24)19(17)26/h2-8,11-12,20,24H,9-10H2,1H3. The zero-order chi connectivity index (χ0) is 18.5. The first-order valence-corrected chi connectivity index (χ1v) is 8.11. The van der Waals surface area contributed by atoms with Gasteiger partial charge in [0.25, 0.3) is 11.8 Å². The van der Waals surface area contributed by atoms with Crippen LogP contribution in [0.4, 0.5) is 17.1 Å². The lowest BCUT2D eigenvalue weighted by atomic mass is 10.1. The highest BCUT2D eigenvalue weighted by molar-refractivity contribution is 6.17. The van der Waals surface area contributed by atoms with E-state index < -0.39 is 11.8 Å². The van der Waals surface area contributed by atoms with Crippen LogP contribution in [0, 0.1) is 6.92 Å². The summed E-state index contributed by atoms with van der Waals surface area (Å²) in [6.45, 7) is 1.59. The number of aliphatic hydroxyl groups is 1. The van der Waals surface area contributed by atoms with Crippen LogP contribution in [0.1, 0.15) is 5.56 Å². The normalized spacial score (nSPS) is 14.2. The summed E-state index contributed by atoms with van der Waals surface area (Å²) in [6.07, 6.45) is 1.24. The Labute approximate surface area is 150 Å². The summed E-state index contributed by atoms with van der Waals surface area (Å²) in [5, 5.41) is 20.3. The van der Waals surface area contributed by atoms with Gasteiger partial charge in [-0.1, -0.05) is 18.2 Å². The van der Waals surface area contributed by atoms with Crippen molar-refractivity contribution in [2.75, 3.05) is 18.5 Å². The number of hydrogen-bond acceptors (Lipinski definition) is 6. The van der Waals surface area contributed by atoms with Crippen LogP contribution >= 0.6 is 0 Å². The Morgan fingerprint density at radius 2 is 1.77 bits per heavy atom. The molecule has 2 aromatic carbocycles. The van der Waals surface area contributed by atoms with Crippen LogP contribution in [0.5, 0.6) is 0 Å². The fraction of sp³-hybridized carbons (Fsp3) is 0.158. The molecular weight excluding hydrogens is 332 g/mol. The number of anilines is 1. The molecule has 7 heteroatoms. The Bertz CT molecular complexity index is 891. The minimum atomic E-state index is -0.448. The molecule has 0 bridgehead atoms. The van der Waals surface area contributed by atoms with E-state index in [0.717, 1.165) is 16.2 Å². The number of nitrogens with one attached hydrogen (secondary N) is 1. The molecule has 1 aliphatic heterocycles. The molecule has 2 N–H and O–H groups in total. The number of azo groups is 1. The summed E-state index contributed by atoms with van der Waals surface area (Å²) in [5.41, 5.74) is 3.18. The van der Waals surface area contributed by atoms with E-state index >= 15 is 0 Å². The van der Waals surface area contributed by atoms with Gasteiger partial charge < -0.3 is 10.4 Å². The molecular formula is C19H18N4O3. The van der Waals surface area contributed by atoms with Gasteiger partial charge in [0.1, 0.15) is 5.70 Å². The summed E-state index contributed by atoms with van der Waals surface area (Å²) in [4.78, 5) is 25.0. The summed E-state index contributed by atoms with van der Waals surface area (Å²) in [5.74, 6) is -0.881. The van der Waals surface area contributed by atoms with Crippen molar-refractivity contribution in [1.82, 2.24) is 4.90 Å². The number of carbonyl (C=O) groups excluding carboxylic acids is 2. The SMILES string of the molecule is Cc1cc(N=Nc2ccccc2)ccc1NC1=CC(=O)N(CCO)C1=O. The average Bonchev–Trinajstić information content (AvgIpc) is 2.91. The van der Waals surface area contributed by atoms with Crippen LogP contribution in [0.25, 0.3) is 0 Å². The lowest BCUT2D eigenvalue weighted by molar-refractivity contribution is -0.137. The predicted octanol–water partition coefficient (Wildman–Crippen LogP) is 3.07. The second-order valence-corrected chi connectivity index (χ2v) is 5.74. The number of β-amino-alcohol motifs (C(OH)–C–C–N with tert-alkyl or cyclic N) is 1. The second kappa shape index (κ2) is 7.71. The van der Waals surface area contributed by atoms with Crippen molar-refractivity contribution in [3.63, 3.8) is 0 Å². The summed E-state index contributed by atoms with van der Waals surface area (Å²) in [6, 6.07) is 14.8. The third-order valence-electron chi connectivity index (χ3n) is 3.85. The van der Waals surface area contributed by atoms with Crippen molar-refractivity contribution < 1.29 is 14.7 Å². The van der Waals surface area contributed by atoms with Crippen molar-refractivity contribution in [3.8, 4) is 0 Å². The van der Waals surface area contributed by atoms with E-state index in [1.807, 2.05) is 43.3 Å². The van der Waals surface area contributed by atoms with Crippen molar-refractivity contribution in [2.24, 2.45) is 10.2 Å². The van der Waals surface area contributed by atoms with Gasteiger partial charge in [-0.2, -0.15) is 10.2 Å². The molecule has 0 radical (unpaired) electrons. The number of aliphatic hydroxyl groups excluding tert-OH is 1. The van der Waals surface area contributed by atoms with Crippen molar-refractivity contribution in [1.29, 1.82) is 0 Å². The van der Waals surface area contributed by atoms with Crippen LogP contribution in [0.3, 0.4) is 0 Å². The van der Waals surface area contributed by atoms with Crippen LogP contribution in [0.2, 0.25) is 0 Å². The fourth-order valence-corrected chi connectivity index (χ4v) is 2.52. The minimum Gasteiger partial charge on any atom is -0.395 e. The minimum absolute atomic E-state index is 0.0167. The zero-order valence-corrected chi connectivity index (χ0v) is 14.2. The number of hydrogen-bond donors (Lipinski definition) is 2. The van der Waals surface area contributed by atoms with Crippen LogP contribution in [0.15, 0.2) is 70.5 Å². The molecule has 0 unspecified atom stereocenters. The van der Waals surface area contributed by atoms with Gasteiger partial charge in [0.05, 0.1) is 24.5 Å². The average molecular weight is 350 g/mol. The molecule has 0 fully saturated rings. The summed E-state index contributed by atoms with van der Waals surface area (Å²) >= 11 is 0. The van der Waals surface area contributed by atoms with Gasteiger partial charge in [0, 0.05) is 11.8 Å². The number of aryl methyl sites for hydroxylation is 1. The van der Waals surface area contributed by atoms with Crippen molar-refractivity contribution >= 4 is 28.9 Å². The van der Waals surface area contributed by atoms with Gasteiger partial charge in [-0.25, -0.2) is 0 Å². The van der Waals surface area contributed by atoms with Crippen LogP contribution in [-0.2, 0) is 9.59 Å². The molecule has 132 valence electrons. The molecule has 26 heavy (non-hydrogen) atoms. The monoisotopic (exact) mass is 350 g/mol. The highest BCUT2D eigenvalue weighted by atomic mass is 16.3. The molecule has 0 atom stereocenters. The molecule has 0 saturated carbocycles. The molecule has 0 aromatic heterocycles. The van der Waals surface area contributed by atoms with Gasteiger partial charge in [-0.15, -0.1) is 0 Å². The van der Waals surface area contributed by atoms with E-state index in [4.69, 9.17) is 5.11 Å². The molecule has 0 saturated heterocycles. The topological polar surface area (TPSA) is 94.4 Å². The van der Waals surface area contributed by atoms with E-state index in [1.54, 1.807) is 12.1 Å². The van der Waals surface area contributed by atoms with Gasteiger partial charge in [0.2, 0.25) is 0 Å². The number of amides is 2. The maximum Gasteiger partial charge on any atom is 0.277 e. The highest BCUT2D eigenvalue weighted by Gasteiger charge is 2.30. The molecule has 1 aliphatic rings. The first kappa shape index (κ1) is 17.5. The molecule has 7 nitrogen and oxygen atoms in total. The van der Waals surface area contributed by atoms with Crippen LogP contribution < -0.4 is 5.32 Å². The first-order chi connectivity index (χ1) is 12.6. The lowest BCUT2D eigenvalue weighted by Crippen LogP contribution is -2.34. The smallest absolute Gasteiger partial charge is 0.277 e. The maximum atomic E-state index is 12.2. The lowest BCUT2D eigenvalue weighted by Gasteiger charge is -2.14. The quantitative estimate of drug-likeness (QED) is 0.618. The summed E-state index contributed by atoms with van der Waals surface area (Å²) < 4.78 is 0. The number of imide groups is 1. The zero-order valence-electron chi connectivity index (χ0n) is 14.2. The van der Waals surface area contributed by atoms with E-state index in [0.29, 0.717) is 11.4 Å². The Morgan fingerprint density at radius 1 is 1.04 bits per heavy atom. The second-order valence-electron chi connectivity index (χ2n) is 5.74. The van der Waals surface area contributed by atoms with E-state index in [-0.39, 0.29) is 18.8 Å². The summed E-state index contributed by atoms with van der Waals surface area (Å²) in [7, 11) is 0. The van der Waals surface area contributed by atoms with Crippen molar-refractivity contribution in [3.05, 3.63) is 65.9 Å². The van der Waals surface area contributed by atoms with E-state index in [9.17, 15) is 9.59 Å². The number of rotatable bonds is 6. The molecule has 1 heterocycles. The third kappa shape index (κ3) is 3.84. The molecule has 2 aromatic rings. The van der Waals surface area contributed by atoms with Gasteiger partial charge in [-0.3, -0.25) is 14.5 Å². The maximum absolute atomic E-state index is 12.2.